The van der Waals surface area contributed by atoms with E-state index in [1.807, 2.05) is 12.1 Å². The predicted molar refractivity (Wildman–Crippen MR) is 133 cm³/mol. The van der Waals surface area contributed by atoms with Crippen molar-refractivity contribution in [3.8, 4) is 5.75 Å². The second-order valence-corrected chi connectivity index (χ2v) is 7.69. The highest BCUT2D eigenvalue weighted by molar-refractivity contribution is 5.89. The Balaban J connectivity index is 1.62. The standard InChI is InChI=1S/C25H19N5O6/c31-22-14-9-17-3-1-2-4-21(17)23(22)24(18-7-12-20(13-8-18)30(35)36)27-25(32)28-26-15-16-5-10-19(11-6-16)29(33)34/h1-15,24,31H,(H2,27,28,32)/b26-15+. The van der Waals surface area contributed by atoms with Gasteiger partial charge in [0.25, 0.3) is 11.4 Å². The van der Waals surface area contributed by atoms with Gasteiger partial charge in [-0.15, -0.1) is 0 Å². The van der Waals surface area contributed by atoms with Crippen LogP contribution in [0.4, 0.5) is 16.2 Å². The summed E-state index contributed by atoms with van der Waals surface area (Å²) in [5.74, 6) is -0.0632. The minimum Gasteiger partial charge on any atom is -0.508 e. The number of hydrogen-bond donors (Lipinski definition) is 3. The van der Waals surface area contributed by atoms with Crippen molar-refractivity contribution in [2.24, 2.45) is 5.10 Å². The number of amides is 2. The first-order valence-corrected chi connectivity index (χ1v) is 10.6. The summed E-state index contributed by atoms with van der Waals surface area (Å²) < 4.78 is 0. The number of hydrazone groups is 1. The molecule has 0 aliphatic heterocycles. The minimum absolute atomic E-state index is 0.0632. The molecule has 180 valence electrons. The van der Waals surface area contributed by atoms with E-state index in [1.54, 1.807) is 18.2 Å². The molecule has 0 spiro atoms. The summed E-state index contributed by atoms with van der Waals surface area (Å²) in [6.45, 7) is 0. The molecule has 0 saturated carbocycles. The Morgan fingerprint density at radius 2 is 1.47 bits per heavy atom. The maximum absolute atomic E-state index is 12.7. The molecule has 1 unspecified atom stereocenters. The summed E-state index contributed by atoms with van der Waals surface area (Å²) in [7, 11) is 0. The fraction of sp³-hybridized carbons (Fsp3) is 0.0400. The molecule has 0 heterocycles. The lowest BCUT2D eigenvalue weighted by atomic mass is 9.92. The van der Waals surface area contributed by atoms with Gasteiger partial charge in [0.2, 0.25) is 0 Å². The molecule has 0 aromatic heterocycles. The van der Waals surface area contributed by atoms with Gasteiger partial charge in [0.1, 0.15) is 5.75 Å². The first kappa shape index (κ1) is 23.8. The maximum Gasteiger partial charge on any atom is 0.335 e. The molecule has 4 aromatic carbocycles. The Kier molecular flexibility index (Phi) is 6.82. The van der Waals surface area contributed by atoms with Crippen molar-refractivity contribution in [2.75, 3.05) is 0 Å². The molecule has 2 amide bonds. The normalized spacial score (nSPS) is 11.8. The number of non-ortho nitro benzene ring substituents is 2. The monoisotopic (exact) mass is 485 g/mol. The van der Waals surface area contributed by atoms with Crippen LogP contribution in [0.15, 0.2) is 90.0 Å². The minimum atomic E-state index is -0.869. The van der Waals surface area contributed by atoms with Gasteiger partial charge in [0, 0.05) is 29.8 Å². The Bertz CT molecular complexity index is 1470. The van der Waals surface area contributed by atoms with E-state index in [2.05, 4.69) is 15.8 Å². The van der Waals surface area contributed by atoms with Crippen molar-refractivity contribution in [3.05, 3.63) is 122 Å². The fourth-order valence-electron chi connectivity index (χ4n) is 3.71. The van der Waals surface area contributed by atoms with E-state index in [4.69, 9.17) is 0 Å². The summed E-state index contributed by atoms with van der Waals surface area (Å²) in [6, 6.07) is 20.2. The Hall–Kier alpha value is -5.32. The Morgan fingerprint density at radius 3 is 2.11 bits per heavy atom. The topological polar surface area (TPSA) is 160 Å². The van der Waals surface area contributed by atoms with Gasteiger partial charge in [-0.2, -0.15) is 5.10 Å². The van der Waals surface area contributed by atoms with E-state index in [0.29, 0.717) is 22.1 Å². The molecule has 0 aliphatic carbocycles. The molecule has 0 aliphatic rings. The van der Waals surface area contributed by atoms with Crippen molar-refractivity contribution < 1.29 is 19.7 Å². The highest BCUT2D eigenvalue weighted by atomic mass is 16.6. The zero-order chi connectivity index (χ0) is 25.7. The number of nitrogens with zero attached hydrogens (tertiary/aromatic N) is 3. The van der Waals surface area contributed by atoms with Gasteiger partial charge in [-0.3, -0.25) is 20.2 Å². The molecule has 4 aromatic rings. The summed E-state index contributed by atoms with van der Waals surface area (Å²) in [5.41, 5.74) is 3.59. The number of nitrogens with one attached hydrogen (secondary N) is 2. The molecule has 4 rings (SSSR count). The quantitative estimate of drug-likeness (QED) is 0.194. The van der Waals surface area contributed by atoms with Crippen molar-refractivity contribution in [1.82, 2.24) is 10.7 Å². The predicted octanol–water partition coefficient (Wildman–Crippen LogP) is 4.78. The summed E-state index contributed by atoms with van der Waals surface area (Å²) in [4.78, 5) is 33.5. The number of nitro groups is 2. The maximum atomic E-state index is 12.7. The number of phenolic OH excluding ortho intramolecular Hbond substituents is 1. The first-order chi connectivity index (χ1) is 17.3. The third-order valence-electron chi connectivity index (χ3n) is 5.43. The second kappa shape index (κ2) is 10.3. The molecule has 0 fully saturated rings. The molecular formula is C25H19N5O6. The van der Waals surface area contributed by atoms with Gasteiger partial charge in [0.05, 0.1) is 22.1 Å². The van der Waals surface area contributed by atoms with E-state index >= 15 is 0 Å². The van der Waals surface area contributed by atoms with Gasteiger partial charge in [-0.25, -0.2) is 10.2 Å². The zero-order valence-corrected chi connectivity index (χ0v) is 18.6. The van der Waals surface area contributed by atoms with Crippen LogP contribution in [0.2, 0.25) is 0 Å². The number of phenols is 1. The van der Waals surface area contributed by atoms with E-state index in [0.717, 1.165) is 5.39 Å². The van der Waals surface area contributed by atoms with Crippen LogP contribution in [-0.2, 0) is 0 Å². The smallest absolute Gasteiger partial charge is 0.335 e. The third-order valence-corrected chi connectivity index (χ3v) is 5.43. The first-order valence-electron chi connectivity index (χ1n) is 10.6. The number of carbonyl (C=O) groups is 1. The number of fused-ring (bicyclic) bond motifs is 1. The lowest BCUT2D eigenvalue weighted by Crippen LogP contribution is -2.36. The van der Waals surface area contributed by atoms with E-state index in [9.17, 15) is 30.1 Å². The van der Waals surface area contributed by atoms with Gasteiger partial charge < -0.3 is 10.4 Å². The highest BCUT2D eigenvalue weighted by Gasteiger charge is 2.23. The number of urea groups is 1. The zero-order valence-electron chi connectivity index (χ0n) is 18.6. The molecular weight excluding hydrogens is 466 g/mol. The molecule has 0 saturated heterocycles. The number of benzene rings is 4. The molecule has 0 radical (unpaired) electrons. The Morgan fingerprint density at radius 1 is 0.861 bits per heavy atom. The third kappa shape index (κ3) is 5.25. The summed E-state index contributed by atoms with van der Waals surface area (Å²) in [5, 5.41) is 40.7. The lowest BCUT2D eigenvalue weighted by molar-refractivity contribution is -0.385. The molecule has 11 nitrogen and oxygen atoms in total. The van der Waals surface area contributed by atoms with Crippen LogP contribution < -0.4 is 10.7 Å². The molecule has 3 N–H and O–H groups in total. The van der Waals surface area contributed by atoms with Crippen LogP contribution >= 0.6 is 0 Å². The van der Waals surface area contributed by atoms with Crippen molar-refractivity contribution in [2.45, 2.75) is 6.04 Å². The van der Waals surface area contributed by atoms with Crippen molar-refractivity contribution >= 4 is 34.4 Å². The Labute approximate surface area is 204 Å². The number of hydrogen-bond acceptors (Lipinski definition) is 7. The molecule has 11 heteroatoms. The highest BCUT2D eigenvalue weighted by Crippen LogP contribution is 2.36. The second-order valence-electron chi connectivity index (χ2n) is 7.69. The summed E-state index contributed by atoms with van der Waals surface area (Å²) in [6.07, 6.45) is 1.32. The van der Waals surface area contributed by atoms with E-state index in [-0.39, 0.29) is 17.1 Å². The average Bonchev–Trinajstić information content (AvgIpc) is 2.88. The summed E-state index contributed by atoms with van der Waals surface area (Å²) >= 11 is 0. The van der Waals surface area contributed by atoms with Crippen LogP contribution in [0.25, 0.3) is 10.8 Å². The van der Waals surface area contributed by atoms with Crippen LogP contribution in [0, 0.1) is 20.2 Å². The van der Waals surface area contributed by atoms with Crippen LogP contribution in [0.5, 0.6) is 5.75 Å². The molecule has 1 atom stereocenters. The van der Waals surface area contributed by atoms with Crippen LogP contribution in [-0.4, -0.2) is 27.2 Å². The van der Waals surface area contributed by atoms with E-state index in [1.165, 1.54) is 60.8 Å². The lowest BCUT2D eigenvalue weighted by Gasteiger charge is -2.22. The van der Waals surface area contributed by atoms with Gasteiger partial charge in [-0.1, -0.05) is 30.3 Å². The SMILES string of the molecule is O=C(N/N=C/c1ccc([N+](=O)[O-])cc1)NC(c1ccc([N+](=O)[O-])cc1)c1c(O)ccc2ccccc12. The van der Waals surface area contributed by atoms with Crippen molar-refractivity contribution in [3.63, 3.8) is 0 Å². The molecule has 0 bridgehead atoms. The van der Waals surface area contributed by atoms with Gasteiger partial charge in [-0.05, 0) is 52.2 Å². The largest absolute Gasteiger partial charge is 0.508 e. The van der Waals surface area contributed by atoms with Gasteiger partial charge in [0.15, 0.2) is 0 Å². The van der Waals surface area contributed by atoms with E-state index < -0.39 is 21.9 Å². The van der Waals surface area contributed by atoms with Crippen LogP contribution in [0.1, 0.15) is 22.7 Å². The average molecular weight is 485 g/mol. The van der Waals surface area contributed by atoms with Crippen LogP contribution in [0.3, 0.4) is 0 Å². The number of nitro benzene ring substituents is 2. The van der Waals surface area contributed by atoms with Crippen molar-refractivity contribution in [1.29, 1.82) is 0 Å². The van der Waals surface area contributed by atoms with Gasteiger partial charge >= 0.3 is 6.03 Å². The fourth-order valence-corrected chi connectivity index (χ4v) is 3.71. The number of carbonyl (C=O) groups excluding carboxylic acids is 1. The number of rotatable bonds is 7. The number of aromatic hydroxyl groups is 1. The molecule has 36 heavy (non-hydrogen) atoms.